The Bertz CT molecular complexity index is 151. The molecule has 1 heterocycles. The van der Waals surface area contributed by atoms with Gasteiger partial charge in [-0.05, 0) is 0 Å². The molecule has 3 nitrogen and oxygen atoms in total. The van der Waals surface area contributed by atoms with E-state index in [-0.39, 0.29) is 12.2 Å². The Morgan fingerprint density at radius 3 is 2.25 bits per heavy atom. The minimum Gasteiger partial charge on any atom is -0.455 e. The third-order valence-corrected chi connectivity index (χ3v) is 0.884. The summed E-state index contributed by atoms with van der Waals surface area (Å²) in [6, 6.07) is 0. The van der Waals surface area contributed by atoms with Crippen molar-refractivity contribution < 1.29 is 14.3 Å². The number of hydrogen-bond donors (Lipinski definition) is 0. The zero-order valence-corrected chi connectivity index (χ0v) is 4.14. The van der Waals surface area contributed by atoms with Crippen molar-refractivity contribution in [2.24, 2.45) is 0 Å². The Morgan fingerprint density at radius 2 is 2.12 bits per heavy atom. The molecule has 3 heteroatoms. The second kappa shape index (κ2) is 1.43. The summed E-state index contributed by atoms with van der Waals surface area (Å²) in [5.74, 6) is -1.37. The number of carbonyl (C=O) groups is 2. The molecule has 0 amide bonds. The minimum absolute atomic E-state index is 0.0671. The van der Waals surface area contributed by atoms with E-state index in [1.54, 1.807) is 0 Å². The summed E-state index contributed by atoms with van der Waals surface area (Å²) in [6.45, 7) is 3.36. The van der Waals surface area contributed by atoms with E-state index in [1.807, 2.05) is 0 Å². The Hall–Kier alpha value is -1.12. The second-order valence-corrected chi connectivity index (χ2v) is 1.51. The summed E-state index contributed by atoms with van der Waals surface area (Å²) in [5.41, 5.74) is 0.245. The highest BCUT2D eigenvalue weighted by Gasteiger charge is 2.26. The summed E-state index contributed by atoms with van der Waals surface area (Å²) in [4.78, 5) is 20.5. The fourth-order valence-electron chi connectivity index (χ4n) is 0.428. The summed E-state index contributed by atoms with van der Waals surface area (Å²) in [6.07, 6.45) is 0. The lowest BCUT2D eigenvalue weighted by Gasteiger charge is -1.79. The van der Waals surface area contributed by atoms with Crippen LogP contribution in [0.4, 0.5) is 0 Å². The molecule has 1 aliphatic heterocycles. The van der Waals surface area contributed by atoms with Crippen molar-refractivity contribution in [3.63, 3.8) is 0 Å². The molecule has 0 saturated carbocycles. The lowest BCUT2D eigenvalue weighted by atomic mass is 10.2. The molecule has 1 aliphatic rings. The molecule has 8 heavy (non-hydrogen) atoms. The molecule has 1 rings (SSSR count). The fraction of sp³-hybridized carbons (Fsp3) is 0.200. The first-order valence-electron chi connectivity index (χ1n) is 2.11. The van der Waals surface area contributed by atoms with E-state index in [4.69, 9.17) is 0 Å². The van der Waals surface area contributed by atoms with Crippen LogP contribution in [0.15, 0.2) is 12.2 Å². The first-order valence-corrected chi connectivity index (χ1v) is 2.11. The average molecular weight is 112 g/mol. The quantitative estimate of drug-likeness (QED) is 0.245. The zero-order valence-electron chi connectivity index (χ0n) is 4.14. The molecule has 1 saturated heterocycles. The number of cyclic esters (lactones) is 1. The number of rotatable bonds is 0. The van der Waals surface area contributed by atoms with Gasteiger partial charge in [-0.1, -0.05) is 6.58 Å². The van der Waals surface area contributed by atoms with E-state index < -0.39 is 11.8 Å². The van der Waals surface area contributed by atoms with Crippen molar-refractivity contribution in [2.75, 3.05) is 6.61 Å². The number of carbonyl (C=O) groups excluding carboxylic acids is 2. The highest BCUT2D eigenvalue weighted by Crippen LogP contribution is 2.04. The van der Waals surface area contributed by atoms with Crippen molar-refractivity contribution in [3.05, 3.63) is 12.2 Å². The first-order chi connectivity index (χ1) is 3.72. The van der Waals surface area contributed by atoms with Gasteiger partial charge in [0.15, 0.2) is 0 Å². The van der Waals surface area contributed by atoms with Crippen LogP contribution in [0.5, 0.6) is 0 Å². The summed E-state index contributed by atoms with van der Waals surface area (Å²) in [7, 11) is 0. The van der Waals surface area contributed by atoms with Crippen LogP contribution in [0.25, 0.3) is 0 Å². The van der Waals surface area contributed by atoms with E-state index >= 15 is 0 Å². The van der Waals surface area contributed by atoms with E-state index in [2.05, 4.69) is 11.3 Å². The Balaban J connectivity index is 2.86. The van der Waals surface area contributed by atoms with Crippen LogP contribution in [0, 0.1) is 0 Å². The molecule has 0 atom stereocenters. The average Bonchev–Trinajstić information content (AvgIpc) is 1.98. The molecule has 0 aliphatic carbocycles. The first kappa shape index (κ1) is 5.03. The molecule has 0 bridgehead atoms. The SMILES string of the molecule is C=C1COC(=O)C1=O. The van der Waals surface area contributed by atoms with Gasteiger partial charge >= 0.3 is 5.97 Å². The number of ether oxygens (including phenoxy) is 1. The molecule has 0 aromatic rings. The molecule has 0 aromatic heterocycles. The van der Waals surface area contributed by atoms with Crippen LogP contribution in [-0.2, 0) is 14.3 Å². The summed E-state index contributed by atoms with van der Waals surface area (Å²) in [5, 5.41) is 0. The molecule has 0 spiro atoms. The van der Waals surface area contributed by atoms with Gasteiger partial charge in [0, 0.05) is 5.57 Å². The van der Waals surface area contributed by atoms with E-state index in [0.717, 1.165) is 0 Å². The van der Waals surface area contributed by atoms with Crippen molar-refractivity contribution in [3.8, 4) is 0 Å². The van der Waals surface area contributed by atoms with Gasteiger partial charge < -0.3 is 4.74 Å². The van der Waals surface area contributed by atoms with Crippen LogP contribution in [0.3, 0.4) is 0 Å². The Morgan fingerprint density at radius 1 is 1.50 bits per heavy atom. The monoisotopic (exact) mass is 112 g/mol. The predicted molar refractivity (Wildman–Crippen MR) is 25.1 cm³/mol. The Kier molecular flexibility index (Phi) is 0.901. The molecule has 1 fully saturated rings. The lowest BCUT2D eigenvalue weighted by Crippen LogP contribution is -2.05. The smallest absolute Gasteiger partial charge is 0.379 e. The summed E-state index contributed by atoms with van der Waals surface area (Å²) >= 11 is 0. The number of hydrogen-bond acceptors (Lipinski definition) is 3. The van der Waals surface area contributed by atoms with Gasteiger partial charge in [0.2, 0.25) is 0 Å². The highest BCUT2D eigenvalue weighted by atomic mass is 16.5. The molecular weight excluding hydrogens is 108 g/mol. The Labute approximate surface area is 45.9 Å². The van der Waals surface area contributed by atoms with Gasteiger partial charge in [-0.2, -0.15) is 0 Å². The third kappa shape index (κ3) is 0.521. The maximum Gasteiger partial charge on any atom is 0.379 e. The normalized spacial score (nSPS) is 19.2. The van der Waals surface area contributed by atoms with Gasteiger partial charge in [0.1, 0.15) is 6.61 Å². The number of esters is 1. The van der Waals surface area contributed by atoms with Gasteiger partial charge in [0.25, 0.3) is 5.78 Å². The maximum atomic E-state index is 10.3. The number of Topliss-reactive ketones (excluding diaryl/α,β-unsaturated/α-hetero) is 1. The summed E-state index contributed by atoms with van der Waals surface area (Å²) < 4.78 is 4.29. The van der Waals surface area contributed by atoms with Crippen LogP contribution in [0.2, 0.25) is 0 Å². The third-order valence-electron chi connectivity index (χ3n) is 0.884. The molecular formula is C5H4O3. The van der Waals surface area contributed by atoms with Gasteiger partial charge in [-0.3, -0.25) is 4.79 Å². The van der Waals surface area contributed by atoms with E-state index in [0.29, 0.717) is 0 Å². The van der Waals surface area contributed by atoms with E-state index in [9.17, 15) is 9.59 Å². The van der Waals surface area contributed by atoms with Crippen molar-refractivity contribution in [1.29, 1.82) is 0 Å². The molecule has 0 radical (unpaired) electrons. The largest absolute Gasteiger partial charge is 0.455 e. The number of ketones is 1. The lowest BCUT2D eigenvalue weighted by molar-refractivity contribution is -0.146. The van der Waals surface area contributed by atoms with Crippen LogP contribution >= 0.6 is 0 Å². The zero-order chi connectivity index (χ0) is 6.15. The molecule has 42 valence electrons. The van der Waals surface area contributed by atoms with Crippen LogP contribution in [0.1, 0.15) is 0 Å². The molecule has 0 aromatic carbocycles. The van der Waals surface area contributed by atoms with Crippen LogP contribution in [-0.4, -0.2) is 18.4 Å². The van der Waals surface area contributed by atoms with Crippen molar-refractivity contribution in [2.45, 2.75) is 0 Å². The van der Waals surface area contributed by atoms with Crippen molar-refractivity contribution >= 4 is 11.8 Å². The minimum atomic E-state index is -0.782. The van der Waals surface area contributed by atoms with Gasteiger partial charge in [0.05, 0.1) is 0 Å². The van der Waals surface area contributed by atoms with Gasteiger partial charge in [-0.15, -0.1) is 0 Å². The predicted octanol–water partition coefficient (Wildman–Crippen LogP) is -0.332. The maximum absolute atomic E-state index is 10.3. The molecule has 0 N–H and O–H groups in total. The standard InChI is InChI=1S/C5H4O3/c1-3-2-8-5(7)4(3)6/h1-2H2. The second-order valence-electron chi connectivity index (χ2n) is 1.51. The van der Waals surface area contributed by atoms with Crippen molar-refractivity contribution in [1.82, 2.24) is 0 Å². The van der Waals surface area contributed by atoms with Crippen LogP contribution < -0.4 is 0 Å². The topological polar surface area (TPSA) is 43.4 Å². The van der Waals surface area contributed by atoms with Gasteiger partial charge in [-0.25, -0.2) is 4.79 Å². The highest BCUT2D eigenvalue weighted by molar-refractivity contribution is 6.42. The molecule has 0 unspecified atom stereocenters. The fourth-order valence-corrected chi connectivity index (χ4v) is 0.428. The van der Waals surface area contributed by atoms with E-state index in [1.165, 1.54) is 0 Å².